The molecular formula is C13H13BrO5. The number of hydrogen-bond donors (Lipinski definition) is 1. The number of esters is 1. The van der Waals surface area contributed by atoms with E-state index < -0.39 is 17.7 Å². The van der Waals surface area contributed by atoms with Gasteiger partial charge in [-0.05, 0) is 19.1 Å². The smallest absolute Gasteiger partial charge is 0.338 e. The molecule has 5 nitrogen and oxygen atoms in total. The standard InChI is InChI=1S/C13H13BrO5/c1-2-19-13(18)9-5-3-4-8(12(16)17)11(9)10(15)6-7-14/h3-5H,2,6-7H2,1H3,(H,16,17). The van der Waals surface area contributed by atoms with Crippen LogP contribution in [0, 0.1) is 0 Å². The summed E-state index contributed by atoms with van der Waals surface area (Å²) in [4.78, 5) is 34.9. The molecule has 0 aliphatic carbocycles. The third kappa shape index (κ3) is 3.64. The fourth-order valence-electron chi connectivity index (χ4n) is 1.62. The van der Waals surface area contributed by atoms with Crippen molar-refractivity contribution in [2.45, 2.75) is 13.3 Å². The summed E-state index contributed by atoms with van der Waals surface area (Å²) in [6.07, 6.45) is 0.108. The Labute approximate surface area is 118 Å². The zero-order valence-electron chi connectivity index (χ0n) is 10.3. The summed E-state index contributed by atoms with van der Waals surface area (Å²) in [6.45, 7) is 1.79. The van der Waals surface area contributed by atoms with Crippen LogP contribution in [0.4, 0.5) is 0 Å². The first-order valence-electron chi connectivity index (χ1n) is 5.65. The number of carboxylic acid groups (broad SMARTS) is 1. The molecule has 102 valence electrons. The van der Waals surface area contributed by atoms with Gasteiger partial charge in [0, 0.05) is 17.3 Å². The maximum atomic E-state index is 12.0. The van der Waals surface area contributed by atoms with Crippen LogP contribution >= 0.6 is 15.9 Å². The average molecular weight is 329 g/mol. The molecular weight excluding hydrogens is 316 g/mol. The van der Waals surface area contributed by atoms with Crippen LogP contribution in [0.2, 0.25) is 0 Å². The fraction of sp³-hybridized carbons (Fsp3) is 0.308. The predicted molar refractivity (Wildman–Crippen MR) is 72.1 cm³/mol. The highest BCUT2D eigenvalue weighted by Crippen LogP contribution is 2.19. The van der Waals surface area contributed by atoms with Crippen molar-refractivity contribution >= 4 is 33.7 Å². The maximum absolute atomic E-state index is 12.0. The molecule has 0 bridgehead atoms. The molecule has 6 heteroatoms. The first-order valence-corrected chi connectivity index (χ1v) is 6.77. The lowest BCUT2D eigenvalue weighted by molar-refractivity contribution is 0.0523. The Balaban J connectivity index is 3.37. The number of aromatic carboxylic acids is 1. The Hall–Kier alpha value is -1.69. The number of rotatable bonds is 6. The molecule has 19 heavy (non-hydrogen) atoms. The highest BCUT2D eigenvalue weighted by atomic mass is 79.9. The Morgan fingerprint density at radius 1 is 1.26 bits per heavy atom. The first kappa shape index (κ1) is 15.4. The molecule has 1 rings (SSSR count). The number of ketones is 1. The molecule has 0 radical (unpaired) electrons. The van der Waals surface area contributed by atoms with E-state index in [1.165, 1.54) is 18.2 Å². The summed E-state index contributed by atoms with van der Waals surface area (Å²) in [6, 6.07) is 4.11. The molecule has 0 aliphatic rings. The van der Waals surface area contributed by atoms with E-state index in [1.54, 1.807) is 6.92 Å². The second kappa shape index (κ2) is 7.04. The summed E-state index contributed by atoms with van der Waals surface area (Å²) >= 11 is 3.12. The third-order valence-electron chi connectivity index (χ3n) is 2.39. The van der Waals surface area contributed by atoms with Gasteiger partial charge in [0.1, 0.15) is 0 Å². The van der Waals surface area contributed by atoms with Crippen LogP contribution in [0.3, 0.4) is 0 Å². The number of carbonyl (C=O) groups excluding carboxylic acids is 2. The minimum atomic E-state index is -1.25. The maximum Gasteiger partial charge on any atom is 0.338 e. The van der Waals surface area contributed by atoms with Crippen LogP contribution in [0.1, 0.15) is 44.4 Å². The van der Waals surface area contributed by atoms with Gasteiger partial charge in [-0.2, -0.15) is 0 Å². The minimum absolute atomic E-state index is 0.00676. The summed E-state index contributed by atoms with van der Waals surface area (Å²) in [7, 11) is 0. The van der Waals surface area contributed by atoms with Crippen LogP contribution in [0.5, 0.6) is 0 Å². The van der Waals surface area contributed by atoms with Gasteiger partial charge in [0.15, 0.2) is 5.78 Å². The van der Waals surface area contributed by atoms with Crippen molar-refractivity contribution in [3.63, 3.8) is 0 Å². The van der Waals surface area contributed by atoms with Crippen LogP contribution in [0.15, 0.2) is 18.2 Å². The lowest BCUT2D eigenvalue weighted by atomic mass is 9.96. The van der Waals surface area contributed by atoms with E-state index in [0.29, 0.717) is 5.33 Å². The van der Waals surface area contributed by atoms with E-state index in [0.717, 1.165) is 0 Å². The third-order valence-corrected chi connectivity index (χ3v) is 2.79. The van der Waals surface area contributed by atoms with Gasteiger partial charge in [-0.25, -0.2) is 9.59 Å². The van der Waals surface area contributed by atoms with Crippen molar-refractivity contribution in [2.24, 2.45) is 0 Å². The predicted octanol–water partition coefficient (Wildman–Crippen LogP) is 2.53. The van der Waals surface area contributed by atoms with Crippen LogP contribution in [-0.2, 0) is 4.74 Å². The Bertz CT molecular complexity index is 510. The van der Waals surface area contributed by atoms with Crippen molar-refractivity contribution in [3.8, 4) is 0 Å². The largest absolute Gasteiger partial charge is 0.478 e. The molecule has 1 N–H and O–H groups in total. The second-order valence-corrected chi connectivity index (χ2v) is 4.41. The molecule has 0 amide bonds. The van der Waals surface area contributed by atoms with Gasteiger partial charge in [0.25, 0.3) is 0 Å². The highest BCUT2D eigenvalue weighted by Gasteiger charge is 2.24. The fourth-order valence-corrected chi connectivity index (χ4v) is 1.98. The Kier molecular flexibility index (Phi) is 5.69. The van der Waals surface area contributed by atoms with Gasteiger partial charge in [-0.3, -0.25) is 4.79 Å². The van der Waals surface area contributed by atoms with Crippen molar-refractivity contribution in [3.05, 3.63) is 34.9 Å². The van der Waals surface area contributed by atoms with Crippen molar-refractivity contribution < 1.29 is 24.2 Å². The Morgan fingerprint density at radius 2 is 1.89 bits per heavy atom. The van der Waals surface area contributed by atoms with Gasteiger partial charge < -0.3 is 9.84 Å². The molecule has 0 atom stereocenters. The van der Waals surface area contributed by atoms with E-state index in [-0.39, 0.29) is 29.7 Å². The summed E-state index contributed by atoms with van der Waals surface area (Å²) < 4.78 is 4.84. The topological polar surface area (TPSA) is 80.7 Å². The lowest BCUT2D eigenvalue weighted by Crippen LogP contribution is -2.17. The van der Waals surface area contributed by atoms with Gasteiger partial charge in [0.2, 0.25) is 0 Å². The number of halogens is 1. The van der Waals surface area contributed by atoms with E-state index in [1.807, 2.05) is 0 Å². The molecule has 0 aromatic heterocycles. The monoisotopic (exact) mass is 328 g/mol. The SMILES string of the molecule is CCOC(=O)c1cccc(C(=O)O)c1C(=O)CCBr. The molecule has 1 aromatic rings. The van der Waals surface area contributed by atoms with Gasteiger partial charge in [-0.15, -0.1) is 0 Å². The quantitative estimate of drug-likeness (QED) is 0.493. The van der Waals surface area contributed by atoms with E-state index in [9.17, 15) is 14.4 Å². The highest BCUT2D eigenvalue weighted by molar-refractivity contribution is 9.09. The zero-order valence-corrected chi connectivity index (χ0v) is 11.9. The minimum Gasteiger partial charge on any atom is -0.478 e. The van der Waals surface area contributed by atoms with Crippen molar-refractivity contribution in [1.82, 2.24) is 0 Å². The number of carbonyl (C=O) groups is 3. The number of hydrogen-bond acceptors (Lipinski definition) is 4. The molecule has 0 unspecified atom stereocenters. The second-order valence-electron chi connectivity index (χ2n) is 3.62. The van der Waals surface area contributed by atoms with E-state index in [4.69, 9.17) is 9.84 Å². The normalized spacial score (nSPS) is 10.0. The molecule has 0 spiro atoms. The summed E-state index contributed by atoms with van der Waals surface area (Å²) in [5.41, 5.74) is -0.280. The van der Waals surface area contributed by atoms with Crippen LogP contribution < -0.4 is 0 Å². The molecule has 0 saturated heterocycles. The van der Waals surface area contributed by atoms with Crippen LogP contribution in [0.25, 0.3) is 0 Å². The first-order chi connectivity index (χ1) is 9.02. The number of Topliss-reactive ketones (excluding diaryl/α,β-unsaturated/α-hetero) is 1. The molecule has 0 fully saturated rings. The summed E-state index contributed by atoms with van der Waals surface area (Å²) in [5.74, 6) is -2.34. The molecule has 0 saturated carbocycles. The van der Waals surface area contributed by atoms with E-state index >= 15 is 0 Å². The summed E-state index contributed by atoms with van der Waals surface area (Å²) in [5, 5.41) is 9.49. The number of ether oxygens (including phenoxy) is 1. The van der Waals surface area contributed by atoms with Gasteiger partial charge in [0.05, 0.1) is 17.7 Å². The van der Waals surface area contributed by atoms with E-state index in [2.05, 4.69) is 15.9 Å². The number of benzene rings is 1. The lowest BCUT2D eigenvalue weighted by Gasteiger charge is -2.10. The zero-order chi connectivity index (χ0) is 14.4. The molecule has 1 aromatic carbocycles. The molecule has 0 aliphatic heterocycles. The van der Waals surface area contributed by atoms with Gasteiger partial charge in [-0.1, -0.05) is 22.0 Å². The van der Waals surface area contributed by atoms with Gasteiger partial charge >= 0.3 is 11.9 Å². The number of carboxylic acids is 1. The number of alkyl halides is 1. The molecule has 0 heterocycles. The van der Waals surface area contributed by atoms with Crippen molar-refractivity contribution in [1.29, 1.82) is 0 Å². The Morgan fingerprint density at radius 3 is 2.42 bits per heavy atom. The average Bonchev–Trinajstić information content (AvgIpc) is 2.38. The van der Waals surface area contributed by atoms with Crippen molar-refractivity contribution in [2.75, 3.05) is 11.9 Å². The van der Waals surface area contributed by atoms with Crippen LogP contribution in [-0.4, -0.2) is 34.8 Å².